The van der Waals surface area contributed by atoms with E-state index in [2.05, 4.69) is 4.74 Å². The Hall–Kier alpha value is -2.81. The predicted molar refractivity (Wildman–Crippen MR) is 69.4 cm³/mol. The van der Waals surface area contributed by atoms with Crippen molar-refractivity contribution in [3.63, 3.8) is 0 Å². The zero-order valence-corrected chi connectivity index (χ0v) is 11.0. The molecule has 0 atom stereocenters. The van der Waals surface area contributed by atoms with Crippen LogP contribution in [0.25, 0.3) is 5.52 Å². The first kappa shape index (κ1) is 13.6. The molecule has 0 saturated carbocycles. The maximum Gasteiger partial charge on any atom is 0.355 e. The number of pyridine rings is 1. The number of methoxy groups -OCH3 is 1. The van der Waals surface area contributed by atoms with E-state index in [0.29, 0.717) is 11.1 Å². The van der Waals surface area contributed by atoms with E-state index in [1.54, 1.807) is 19.2 Å². The van der Waals surface area contributed by atoms with E-state index < -0.39 is 11.9 Å². The molecule has 0 aliphatic carbocycles. The van der Waals surface area contributed by atoms with E-state index in [9.17, 15) is 9.59 Å². The van der Waals surface area contributed by atoms with Gasteiger partial charge in [-0.05, 0) is 25.1 Å². The minimum Gasteiger partial charge on any atom is -0.464 e. The van der Waals surface area contributed by atoms with Gasteiger partial charge >= 0.3 is 11.9 Å². The van der Waals surface area contributed by atoms with Crippen LogP contribution in [0.4, 0.5) is 0 Å². The van der Waals surface area contributed by atoms with E-state index in [4.69, 9.17) is 10.00 Å². The van der Waals surface area contributed by atoms with Crippen molar-refractivity contribution in [3.05, 3.63) is 41.2 Å². The summed E-state index contributed by atoms with van der Waals surface area (Å²) in [7, 11) is 1.26. The van der Waals surface area contributed by atoms with Gasteiger partial charge in [0.1, 0.15) is 5.69 Å². The summed E-state index contributed by atoms with van der Waals surface area (Å²) in [6, 6.07) is 6.47. The first-order chi connectivity index (χ1) is 9.62. The van der Waals surface area contributed by atoms with Crippen LogP contribution in [0.5, 0.6) is 0 Å². The van der Waals surface area contributed by atoms with E-state index >= 15 is 0 Å². The largest absolute Gasteiger partial charge is 0.464 e. The third-order valence-electron chi connectivity index (χ3n) is 2.79. The number of rotatable bonds is 3. The van der Waals surface area contributed by atoms with Crippen molar-refractivity contribution in [1.29, 1.82) is 5.26 Å². The molecule has 6 nitrogen and oxygen atoms in total. The lowest BCUT2D eigenvalue weighted by Gasteiger charge is -2.02. The Morgan fingerprint density at radius 3 is 2.70 bits per heavy atom. The Morgan fingerprint density at radius 2 is 2.10 bits per heavy atom. The van der Waals surface area contributed by atoms with Crippen molar-refractivity contribution < 1.29 is 19.1 Å². The highest BCUT2D eigenvalue weighted by atomic mass is 16.5. The highest BCUT2D eigenvalue weighted by Crippen LogP contribution is 2.20. The summed E-state index contributed by atoms with van der Waals surface area (Å²) in [5, 5.41) is 8.93. The number of carbonyl (C=O) groups is 2. The summed E-state index contributed by atoms with van der Waals surface area (Å²) in [5.41, 5.74) is 1.25. The topological polar surface area (TPSA) is 80.8 Å². The van der Waals surface area contributed by atoms with Crippen molar-refractivity contribution in [2.75, 3.05) is 13.7 Å². The lowest BCUT2D eigenvalue weighted by Crippen LogP contribution is -2.04. The molecule has 2 heterocycles. The molecule has 0 aliphatic rings. The van der Waals surface area contributed by atoms with Gasteiger partial charge in [-0.3, -0.25) is 0 Å². The smallest absolute Gasteiger partial charge is 0.355 e. The summed E-state index contributed by atoms with van der Waals surface area (Å²) >= 11 is 0. The van der Waals surface area contributed by atoms with Crippen molar-refractivity contribution in [2.24, 2.45) is 0 Å². The minimum absolute atomic E-state index is 0.204. The number of nitrogens with zero attached hydrogens (tertiary/aromatic N) is 2. The second-order valence-electron chi connectivity index (χ2n) is 3.94. The van der Waals surface area contributed by atoms with Crippen LogP contribution in [-0.4, -0.2) is 30.1 Å². The van der Waals surface area contributed by atoms with Gasteiger partial charge in [-0.2, -0.15) is 5.26 Å². The second kappa shape index (κ2) is 5.45. The predicted octanol–water partition coefficient (Wildman–Crippen LogP) is 1.77. The third kappa shape index (κ3) is 2.21. The fraction of sp³-hybridized carbons (Fsp3) is 0.214. The standard InChI is InChI=1S/C14H12N2O4/c1-3-20-13(17)10-7-12(14(18)19-2)16-5-4-9(8-15)6-11(10)16/h4-7H,3H2,1-2H3. The summed E-state index contributed by atoms with van der Waals surface area (Å²) in [4.78, 5) is 23.6. The molecule has 2 rings (SSSR count). The molecule has 0 unspecified atom stereocenters. The molecule has 20 heavy (non-hydrogen) atoms. The van der Waals surface area contributed by atoms with Crippen LogP contribution in [0.3, 0.4) is 0 Å². The molecule has 0 N–H and O–H groups in total. The Balaban J connectivity index is 2.70. The Labute approximate surface area is 115 Å². The summed E-state index contributed by atoms with van der Waals surface area (Å²) < 4.78 is 11.1. The highest BCUT2D eigenvalue weighted by molar-refractivity contribution is 6.02. The number of carbonyl (C=O) groups excluding carboxylic acids is 2. The van der Waals surface area contributed by atoms with Crippen molar-refractivity contribution >= 4 is 17.5 Å². The number of hydrogen-bond donors (Lipinski definition) is 0. The van der Waals surface area contributed by atoms with Crippen LogP contribution < -0.4 is 0 Å². The molecule has 2 aromatic rings. The van der Waals surface area contributed by atoms with Crippen LogP contribution in [-0.2, 0) is 9.47 Å². The Morgan fingerprint density at radius 1 is 1.35 bits per heavy atom. The monoisotopic (exact) mass is 272 g/mol. The molecule has 6 heteroatoms. The number of hydrogen-bond acceptors (Lipinski definition) is 5. The maximum atomic E-state index is 11.9. The molecule has 0 spiro atoms. The van der Waals surface area contributed by atoms with Crippen LogP contribution in [0.1, 0.15) is 33.3 Å². The molecule has 0 fully saturated rings. The van der Waals surface area contributed by atoms with Crippen molar-refractivity contribution in [1.82, 2.24) is 4.40 Å². The number of fused-ring (bicyclic) bond motifs is 1. The lowest BCUT2D eigenvalue weighted by atomic mass is 10.2. The van der Waals surface area contributed by atoms with Crippen LogP contribution in [0, 0.1) is 11.3 Å². The van der Waals surface area contributed by atoms with Gasteiger partial charge in [-0.25, -0.2) is 9.59 Å². The molecule has 0 amide bonds. The lowest BCUT2D eigenvalue weighted by molar-refractivity contribution is 0.0528. The molecule has 0 radical (unpaired) electrons. The quantitative estimate of drug-likeness (QED) is 0.795. The van der Waals surface area contributed by atoms with E-state index in [1.807, 2.05) is 6.07 Å². The van der Waals surface area contributed by atoms with Crippen LogP contribution in [0.15, 0.2) is 24.4 Å². The molecular weight excluding hydrogens is 260 g/mol. The van der Waals surface area contributed by atoms with Gasteiger partial charge in [0, 0.05) is 6.20 Å². The molecule has 2 aromatic heterocycles. The molecule has 102 valence electrons. The fourth-order valence-electron chi connectivity index (χ4n) is 1.90. The van der Waals surface area contributed by atoms with Crippen molar-refractivity contribution in [2.45, 2.75) is 6.92 Å². The average molecular weight is 272 g/mol. The van der Waals surface area contributed by atoms with E-state index in [1.165, 1.54) is 23.6 Å². The second-order valence-corrected chi connectivity index (χ2v) is 3.94. The van der Waals surface area contributed by atoms with Gasteiger partial charge in [0.05, 0.1) is 36.4 Å². The average Bonchev–Trinajstić information content (AvgIpc) is 2.85. The third-order valence-corrected chi connectivity index (χ3v) is 2.79. The van der Waals surface area contributed by atoms with Gasteiger partial charge in [-0.1, -0.05) is 0 Å². The van der Waals surface area contributed by atoms with Crippen LogP contribution >= 0.6 is 0 Å². The summed E-state index contributed by atoms with van der Waals surface area (Å²) in [6.45, 7) is 1.92. The fourth-order valence-corrected chi connectivity index (χ4v) is 1.90. The highest BCUT2D eigenvalue weighted by Gasteiger charge is 2.21. The maximum absolute atomic E-state index is 11.9. The number of esters is 2. The Bertz CT molecular complexity index is 725. The molecule has 0 bridgehead atoms. The Kier molecular flexibility index (Phi) is 3.71. The van der Waals surface area contributed by atoms with E-state index in [-0.39, 0.29) is 17.9 Å². The van der Waals surface area contributed by atoms with E-state index in [0.717, 1.165) is 0 Å². The summed E-state index contributed by atoms with van der Waals surface area (Å²) in [6.07, 6.45) is 1.54. The van der Waals surface area contributed by atoms with Gasteiger partial charge in [0.2, 0.25) is 0 Å². The van der Waals surface area contributed by atoms with Gasteiger partial charge < -0.3 is 13.9 Å². The molecule has 0 aromatic carbocycles. The molecule has 0 saturated heterocycles. The zero-order valence-electron chi connectivity index (χ0n) is 11.0. The van der Waals surface area contributed by atoms with Crippen molar-refractivity contribution in [3.8, 4) is 6.07 Å². The number of ether oxygens (including phenoxy) is 2. The van der Waals surface area contributed by atoms with Gasteiger partial charge in [-0.15, -0.1) is 0 Å². The minimum atomic E-state index is -0.569. The van der Waals surface area contributed by atoms with Gasteiger partial charge in [0.25, 0.3) is 0 Å². The zero-order chi connectivity index (χ0) is 14.7. The number of nitriles is 1. The normalized spacial score (nSPS) is 10.1. The van der Waals surface area contributed by atoms with Crippen LogP contribution in [0.2, 0.25) is 0 Å². The molecule has 0 aliphatic heterocycles. The SMILES string of the molecule is CCOC(=O)c1cc(C(=O)OC)n2ccc(C#N)cc12. The molecular formula is C14H12N2O4. The first-order valence-electron chi connectivity index (χ1n) is 5.93. The number of aromatic nitrogens is 1. The first-order valence-corrected chi connectivity index (χ1v) is 5.93. The van der Waals surface area contributed by atoms with Gasteiger partial charge in [0.15, 0.2) is 0 Å². The summed E-state index contributed by atoms with van der Waals surface area (Å²) in [5.74, 6) is -1.12.